The van der Waals surface area contributed by atoms with Crippen molar-refractivity contribution < 1.29 is 4.79 Å². The average molecular weight is 324 g/mol. The third-order valence-electron chi connectivity index (χ3n) is 3.39. The molecule has 0 saturated heterocycles. The Labute approximate surface area is 138 Å². The molecule has 1 aromatic carbocycles. The van der Waals surface area contributed by atoms with Crippen LogP contribution in [0.2, 0.25) is 0 Å². The van der Waals surface area contributed by atoms with E-state index in [2.05, 4.69) is 20.3 Å². The lowest BCUT2D eigenvalue weighted by molar-refractivity contribution is 0.0935. The van der Waals surface area contributed by atoms with Gasteiger partial charge in [-0.2, -0.15) is 0 Å². The zero-order valence-corrected chi connectivity index (χ0v) is 13.7. The second-order valence-corrected chi connectivity index (χ2v) is 6.15. The van der Waals surface area contributed by atoms with Crippen molar-refractivity contribution in [3.05, 3.63) is 65.2 Å². The van der Waals surface area contributed by atoms with Crippen LogP contribution in [-0.2, 0) is 0 Å². The van der Waals surface area contributed by atoms with E-state index in [1.165, 1.54) is 12.4 Å². The maximum absolute atomic E-state index is 12.2. The molecule has 0 aliphatic carbocycles. The number of aryl methyl sites for hydroxylation is 1. The zero-order chi connectivity index (χ0) is 16.2. The molecule has 3 aromatic rings. The largest absolute Gasteiger partial charge is 0.343 e. The van der Waals surface area contributed by atoms with E-state index in [1.807, 2.05) is 44.2 Å². The van der Waals surface area contributed by atoms with Crippen molar-refractivity contribution in [3.8, 4) is 10.6 Å². The summed E-state index contributed by atoms with van der Waals surface area (Å²) in [5, 5.41) is 3.90. The minimum Gasteiger partial charge on any atom is -0.343 e. The molecule has 1 atom stereocenters. The van der Waals surface area contributed by atoms with Crippen LogP contribution in [0.15, 0.2) is 48.9 Å². The normalized spacial score (nSPS) is 11.9. The molecule has 0 spiro atoms. The molecule has 1 unspecified atom stereocenters. The van der Waals surface area contributed by atoms with Crippen molar-refractivity contribution in [1.82, 2.24) is 20.3 Å². The number of nitrogens with one attached hydrogen (secondary N) is 1. The van der Waals surface area contributed by atoms with Crippen molar-refractivity contribution >= 4 is 17.2 Å². The fourth-order valence-corrected chi connectivity index (χ4v) is 3.34. The number of amides is 1. The molecule has 0 bridgehead atoms. The Balaban J connectivity index is 1.79. The second-order valence-electron chi connectivity index (χ2n) is 5.12. The molecule has 0 aliphatic rings. The van der Waals surface area contributed by atoms with Gasteiger partial charge in [-0.25, -0.2) is 9.97 Å². The Morgan fingerprint density at radius 1 is 1.22 bits per heavy atom. The number of hydrogen-bond acceptors (Lipinski definition) is 5. The SMILES string of the molecule is Cc1nc(-c2ccccc2)sc1C(C)NC(=O)c1cnccn1. The van der Waals surface area contributed by atoms with Crippen LogP contribution in [0.4, 0.5) is 0 Å². The minimum absolute atomic E-state index is 0.139. The van der Waals surface area contributed by atoms with Crippen molar-refractivity contribution in [2.24, 2.45) is 0 Å². The van der Waals surface area contributed by atoms with Gasteiger partial charge >= 0.3 is 0 Å². The quantitative estimate of drug-likeness (QED) is 0.798. The molecule has 3 rings (SSSR count). The van der Waals surface area contributed by atoms with Crippen LogP contribution in [0.5, 0.6) is 0 Å². The first-order chi connectivity index (χ1) is 11.1. The lowest BCUT2D eigenvalue weighted by Gasteiger charge is -2.12. The molecular formula is C17H16N4OS. The summed E-state index contributed by atoms with van der Waals surface area (Å²) in [5.74, 6) is -0.236. The predicted molar refractivity (Wildman–Crippen MR) is 90.2 cm³/mol. The molecule has 6 heteroatoms. The molecular weight excluding hydrogens is 308 g/mol. The van der Waals surface area contributed by atoms with E-state index >= 15 is 0 Å². The van der Waals surface area contributed by atoms with Crippen molar-refractivity contribution in [1.29, 1.82) is 0 Å². The Morgan fingerprint density at radius 3 is 2.70 bits per heavy atom. The smallest absolute Gasteiger partial charge is 0.271 e. The van der Waals surface area contributed by atoms with Crippen molar-refractivity contribution in [3.63, 3.8) is 0 Å². The summed E-state index contributed by atoms with van der Waals surface area (Å²) in [7, 11) is 0. The van der Waals surface area contributed by atoms with E-state index in [4.69, 9.17) is 0 Å². The molecule has 23 heavy (non-hydrogen) atoms. The average Bonchev–Trinajstić information content (AvgIpc) is 2.98. The highest BCUT2D eigenvalue weighted by molar-refractivity contribution is 7.15. The molecule has 0 aliphatic heterocycles. The number of carbonyl (C=O) groups excluding carboxylic acids is 1. The first-order valence-electron chi connectivity index (χ1n) is 7.25. The van der Waals surface area contributed by atoms with E-state index in [0.29, 0.717) is 5.69 Å². The van der Waals surface area contributed by atoms with Crippen LogP contribution in [0.1, 0.15) is 34.0 Å². The molecule has 5 nitrogen and oxygen atoms in total. The number of thiazole rings is 1. The Hall–Kier alpha value is -2.60. The van der Waals surface area contributed by atoms with Gasteiger partial charge in [-0.3, -0.25) is 9.78 Å². The van der Waals surface area contributed by atoms with Crippen molar-refractivity contribution in [2.45, 2.75) is 19.9 Å². The number of nitrogens with zero attached hydrogens (tertiary/aromatic N) is 3. The van der Waals surface area contributed by atoms with Crippen molar-refractivity contribution in [2.75, 3.05) is 0 Å². The Bertz CT molecular complexity index is 802. The van der Waals surface area contributed by atoms with Gasteiger partial charge in [0.1, 0.15) is 10.7 Å². The third kappa shape index (κ3) is 3.43. The van der Waals surface area contributed by atoms with Crippen LogP contribution in [-0.4, -0.2) is 20.9 Å². The van der Waals surface area contributed by atoms with E-state index in [9.17, 15) is 4.79 Å². The molecule has 116 valence electrons. The van der Waals surface area contributed by atoms with Gasteiger partial charge in [0.2, 0.25) is 0 Å². The highest BCUT2D eigenvalue weighted by atomic mass is 32.1. The lowest BCUT2D eigenvalue weighted by atomic mass is 10.2. The summed E-state index contributed by atoms with van der Waals surface area (Å²) < 4.78 is 0. The summed E-state index contributed by atoms with van der Waals surface area (Å²) in [6, 6.07) is 9.89. The maximum Gasteiger partial charge on any atom is 0.271 e. The van der Waals surface area contributed by atoms with Gasteiger partial charge in [0.15, 0.2) is 0 Å². The van der Waals surface area contributed by atoms with E-state index in [0.717, 1.165) is 21.1 Å². The second kappa shape index (κ2) is 6.66. The number of benzene rings is 1. The highest BCUT2D eigenvalue weighted by Gasteiger charge is 2.18. The van der Waals surface area contributed by atoms with E-state index in [-0.39, 0.29) is 11.9 Å². The molecule has 2 aromatic heterocycles. The summed E-state index contributed by atoms with van der Waals surface area (Å²) in [6.07, 6.45) is 4.50. The van der Waals surface area contributed by atoms with Gasteiger partial charge in [0, 0.05) is 18.0 Å². The van der Waals surface area contributed by atoms with Gasteiger partial charge < -0.3 is 5.32 Å². The van der Waals surface area contributed by atoms with Crippen LogP contribution >= 0.6 is 11.3 Å². The summed E-state index contributed by atoms with van der Waals surface area (Å²) >= 11 is 1.60. The van der Waals surface area contributed by atoms with E-state index in [1.54, 1.807) is 17.5 Å². The highest BCUT2D eigenvalue weighted by Crippen LogP contribution is 2.31. The Morgan fingerprint density at radius 2 is 2.00 bits per heavy atom. The number of hydrogen-bond donors (Lipinski definition) is 1. The van der Waals surface area contributed by atoms with Crippen LogP contribution < -0.4 is 5.32 Å². The third-order valence-corrected chi connectivity index (χ3v) is 4.78. The minimum atomic E-state index is -0.236. The fourth-order valence-electron chi connectivity index (χ4n) is 2.27. The molecule has 0 fully saturated rings. The first-order valence-corrected chi connectivity index (χ1v) is 8.06. The first kappa shape index (κ1) is 15.3. The predicted octanol–water partition coefficient (Wildman–Crippen LogP) is 3.40. The van der Waals surface area contributed by atoms with Gasteiger partial charge in [0.25, 0.3) is 5.91 Å². The summed E-state index contributed by atoms with van der Waals surface area (Å²) in [4.78, 5) is 25.8. The topological polar surface area (TPSA) is 67.8 Å². The van der Waals surface area contributed by atoms with Gasteiger partial charge in [-0.15, -0.1) is 11.3 Å². The number of rotatable bonds is 4. The monoisotopic (exact) mass is 324 g/mol. The molecule has 0 radical (unpaired) electrons. The van der Waals surface area contributed by atoms with Gasteiger partial charge in [-0.05, 0) is 13.8 Å². The van der Waals surface area contributed by atoms with Crippen LogP contribution in [0.25, 0.3) is 10.6 Å². The summed E-state index contributed by atoms with van der Waals surface area (Å²) in [6.45, 7) is 3.91. The molecule has 0 saturated carbocycles. The maximum atomic E-state index is 12.2. The van der Waals surface area contributed by atoms with Crippen LogP contribution in [0, 0.1) is 6.92 Å². The van der Waals surface area contributed by atoms with Gasteiger partial charge in [-0.1, -0.05) is 30.3 Å². The van der Waals surface area contributed by atoms with E-state index < -0.39 is 0 Å². The molecule has 1 amide bonds. The zero-order valence-electron chi connectivity index (χ0n) is 12.9. The number of carbonyl (C=O) groups is 1. The standard InChI is InChI=1S/C17H16N4OS/c1-11(20-16(22)14-10-18-8-9-19-14)15-12(2)21-17(23-15)13-6-4-3-5-7-13/h3-11H,1-2H3,(H,20,22). The molecule has 1 N–H and O–H groups in total. The lowest BCUT2D eigenvalue weighted by Crippen LogP contribution is -2.27. The Kier molecular flexibility index (Phi) is 4.43. The van der Waals surface area contributed by atoms with Gasteiger partial charge in [0.05, 0.1) is 22.8 Å². The van der Waals surface area contributed by atoms with Crippen LogP contribution in [0.3, 0.4) is 0 Å². The molecule has 2 heterocycles. The fraction of sp³-hybridized carbons (Fsp3) is 0.176. The summed E-state index contributed by atoms with van der Waals surface area (Å²) in [5.41, 5.74) is 2.32. The number of aromatic nitrogens is 3.